The van der Waals surface area contributed by atoms with E-state index >= 15 is 0 Å². The fourth-order valence-corrected chi connectivity index (χ4v) is 2.83. The number of halogens is 3. The molecular formula is C14H23F3N4. The van der Waals surface area contributed by atoms with Crippen molar-refractivity contribution >= 4 is 0 Å². The molecule has 21 heavy (non-hydrogen) atoms. The molecule has 1 saturated heterocycles. The molecule has 7 heteroatoms. The molecule has 4 nitrogen and oxygen atoms in total. The highest BCUT2D eigenvalue weighted by Crippen LogP contribution is 2.20. The van der Waals surface area contributed by atoms with Crippen molar-refractivity contribution < 1.29 is 13.2 Å². The van der Waals surface area contributed by atoms with E-state index in [0.717, 1.165) is 31.5 Å². The van der Waals surface area contributed by atoms with E-state index in [9.17, 15) is 13.2 Å². The van der Waals surface area contributed by atoms with E-state index in [2.05, 4.69) is 17.3 Å². The third-order valence-electron chi connectivity index (χ3n) is 3.90. The van der Waals surface area contributed by atoms with Gasteiger partial charge in [0.15, 0.2) is 0 Å². The number of aromatic nitrogens is 2. The highest BCUT2D eigenvalue weighted by Gasteiger charge is 2.32. The number of rotatable bonds is 5. The van der Waals surface area contributed by atoms with Crippen LogP contribution in [0.1, 0.15) is 31.0 Å². The second kappa shape index (κ2) is 6.79. The molecule has 0 radical (unpaired) electrons. The van der Waals surface area contributed by atoms with Crippen LogP contribution in [0.5, 0.6) is 0 Å². The van der Waals surface area contributed by atoms with E-state index in [1.807, 2.05) is 17.9 Å². The summed E-state index contributed by atoms with van der Waals surface area (Å²) in [4.78, 5) is 1.49. The zero-order chi connectivity index (χ0) is 15.5. The van der Waals surface area contributed by atoms with E-state index in [1.54, 1.807) is 0 Å². The van der Waals surface area contributed by atoms with E-state index in [-0.39, 0.29) is 0 Å². The maximum absolute atomic E-state index is 12.3. The normalized spacial score (nSPS) is 18.3. The molecule has 1 aromatic rings. The van der Waals surface area contributed by atoms with Crippen LogP contribution in [0.2, 0.25) is 0 Å². The van der Waals surface area contributed by atoms with Crippen molar-refractivity contribution in [3.8, 4) is 0 Å². The van der Waals surface area contributed by atoms with Crippen LogP contribution >= 0.6 is 0 Å². The number of hydrogen-bond donors (Lipinski definition) is 1. The SMILES string of the molecule is CCc1nn(C)cc1CNC1CCN(CC(F)(F)F)CC1. The van der Waals surface area contributed by atoms with Crippen LogP contribution in [0, 0.1) is 0 Å². The van der Waals surface area contributed by atoms with Gasteiger partial charge in [-0.25, -0.2) is 0 Å². The summed E-state index contributed by atoms with van der Waals surface area (Å²) >= 11 is 0. The minimum atomic E-state index is -4.09. The van der Waals surface area contributed by atoms with Crippen LogP contribution in [0.25, 0.3) is 0 Å². The third-order valence-corrected chi connectivity index (χ3v) is 3.90. The highest BCUT2D eigenvalue weighted by molar-refractivity contribution is 5.16. The van der Waals surface area contributed by atoms with E-state index < -0.39 is 12.7 Å². The molecule has 120 valence electrons. The van der Waals surface area contributed by atoms with Crippen LogP contribution in [-0.2, 0) is 20.0 Å². The topological polar surface area (TPSA) is 33.1 Å². The summed E-state index contributed by atoms with van der Waals surface area (Å²) in [5.74, 6) is 0. The molecular weight excluding hydrogens is 281 g/mol. The van der Waals surface area contributed by atoms with Gasteiger partial charge in [0.25, 0.3) is 0 Å². The monoisotopic (exact) mass is 304 g/mol. The van der Waals surface area contributed by atoms with Gasteiger partial charge >= 0.3 is 6.18 Å². The largest absolute Gasteiger partial charge is 0.401 e. The van der Waals surface area contributed by atoms with Gasteiger partial charge in [-0.05, 0) is 32.4 Å². The first-order valence-corrected chi connectivity index (χ1v) is 7.41. The fraction of sp³-hybridized carbons (Fsp3) is 0.786. The summed E-state index contributed by atoms with van der Waals surface area (Å²) in [7, 11) is 1.90. The lowest BCUT2D eigenvalue weighted by molar-refractivity contribution is -0.148. The number of piperidine rings is 1. The van der Waals surface area contributed by atoms with Gasteiger partial charge in [-0.3, -0.25) is 9.58 Å². The van der Waals surface area contributed by atoms with Gasteiger partial charge in [0.1, 0.15) is 0 Å². The number of hydrogen-bond acceptors (Lipinski definition) is 3. The molecule has 1 aliphatic heterocycles. The van der Waals surface area contributed by atoms with E-state index in [4.69, 9.17) is 0 Å². The molecule has 1 aliphatic rings. The van der Waals surface area contributed by atoms with Crippen LogP contribution in [0.4, 0.5) is 13.2 Å². The molecule has 1 fully saturated rings. The molecule has 0 spiro atoms. The Kier molecular flexibility index (Phi) is 5.27. The Bertz CT molecular complexity index is 448. The molecule has 0 amide bonds. The van der Waals surface area contributed by atoms with Crippen molar-refractivity contribution in [1.82, 2.24) is 20.0 Å². The summed E-state index contributed by atoms with van der Waals surface area (Å²) in [5.41, 5.74) is 2.26. The Labute approximate surface area is 123 Å². The molecule has 0 unspecified atom stereocenters. The van der Waals surface area contributed by atoms with Crippen LogP contribution < -0.4 is 5.32 Å². The second-order valence-electron chi connectivity index (χ2n) is 5.67. The van der Waals surface area contributed by atoms with Gasteiger partial charge in [0.2, 0.25) is 0 Å². The van der Waals surface area contributed by atoms with Crippen molar-refractivity contribution in [3.63, 3.8) is 0 Å². The quantitative estimate of drug-likeness (QED) is 0.904. The second-order valence-corrected chi connectivity index (χ2v) is 5.67. The number of alkyl halides is 3. The first-order chi connectivity index (χ1) is 9.87. The first-order valence-electron chi connectivity index (χ1n) is 7.41. The Morgan fingerprint density at radius 2 is 2.00 bits per heavy atom. The van der Waals surface area contributed by atoms with Gasteiger partial charge < -0.3 is 5.32 Å². The van der Waals surface area contributed by atoms with Crippen molar-refractivity contribution in [2.75, 3.05) is 19.6 Å². The predicted molar refractivity (Wildman–Crippen MR) is 74.9 cm³/mol. The maximum Gasteiger partial charge on any atom is 0.401 e. The van der Waals surface area contributed by atoms with Gasteiger partial charge in [-0.15, -0.1) is 0 Å². The molecule has 2 rings (SSSR count). The highest BCUT2D eigenvalue weighted by atomic mass is 19.4. The minimum absolute atomic E-state index is 0.291. The molecule has 0 aromatic carbocycles. The summed E-state index contributed by atoms with van der Waals surface area (Å²) in [5, 5.41) is 7.84. The predicted octanol–water partition coefficient (Wildman–Crippen LogP) is 2.10. The zero-order valence-electron chi connectivity index (χ0n) is 12.6. The van der Waals surface area contributed by atoms with E-state index in [0.29, 0.717) is 19.1 Å². The Balaban J connectivity index is 1.76. The lowest BCUT2D eigenvalue weighted by atomic mass is 10.0. The van der Waals surface area contributed by atoms with Crippen LogP contribution in [0.15, 0.2) is 6.20 Å². The van der Waals surface area contributed by atoms with Crippen molar-refractivity contribution in [2.24, 2.45) is 7.05 Å². The first kappa shape index (κ1) is 16.3. The average Bonchev–Trinajstić information content (AvgIpc) is 2.76. The van der Waals surface area contributed by atoms with Crippen molar-refractivity contribution in [1.29, 1.82) is 0 Å². The summed E-state index contributed by atoms with van der Waals surface area (Å²) in [6.45, 7) is 3.03. The van der Waals surface area contributed by atoms with Gasteiger partial charge in [-0.2, -0.15) is 18.3 Å². The summed E-state index contributed by atoms with van der Waals surface area (Å²) in [6, 6.07) is 0.291. The number of likely N-dealkylation sites (tertiary alicyclic amines) is 1. The third kappa shape index (κ3) is 5.00. The fourth-order valence-electron chi connectivity index (χ4n) is 2.83. The summed E-state index contributed by atoms with van der Waals surface area (Å²) < 4.78 is 38.8. The smallest absolute Gasteiger partial charge is 0.310 e. The number of aryl methyl sites for hydroxylation is 2. The number of nitrogens with one attached hydrogen (secondary N) is 1. The van der Waals surface area contributed by atoms with Crippen molar-refractivity contribution in [3.05, 3.63) is 17.5 Å². The van der Waals surface area contributed by atoms with Gasteiger partial charge in [0.05, 0.1) is 12.2 Å². The van der Waals surface area contributed by atoms with Crippen LogP contribution in [0.3, 0.4) is 0 Å². The Hall–Kier alpha value is -1.08. The lowest BCUT2D eigenvalue weighted by Crippen LogP contribution is -2.45. The molecule has 0 bridgehead atoms. The lowest BCUT2D eigenvalue weighted by Gasteiger charge is -2.32. The Morgan fingerprint density at radius 3 is 2.57 bits per heavy atom. The minimum Gasteiger partial charge on any atom is -0.310 e. The van der Waals surface area contributed by atoms with Crippen molar-refractivity contribution in [2.45, 2.75) is 44.9 Å². The van der Waals surface area contributed by atoms with Gasteiger partial charge in [0, 0.05) is 31.4 Å². The van der Waals surface area contributed by atoms with E-state index in [1.165, 1.54) is 10.5 Å². The maximum atomic E-state index is 12.3. The molecule has 2 heterocycles. The molecule has 0 aliphatic carbocycles. The molecule has 1 aromatic heterocycles. The Morgan fingerprint density at radius 1 is 1.33 bits per heavy atom. The molecule has 0 atom stereocenters. The molecule has 0 saturated carbocycles. The summed E-state index contributed by atoms with van der Waals surface area (Å²) in [6.07, 6.45) is 0.327. The standard InChI is InChI=1S/C14H23F3N4/c1-3-13-11(9-20(2)19-13)8-18-12-4-6-21(7-5-12)10-14(15,16)17/h9,12,18H,3-8,10H2,1-2H3. The zero-order valence-corrected chi connectivity index (χ0v) is 12.6. The average molecular weight is 304 g/mol. The molecule has 1 N–H and O–H groups in total. The van der Waals surface area contributed by atoms with Gasteiger partial charge in [-0.1, -0.05) is 6.92 Å². The number of nitrogens with zero attached hydrogens (tertiary/aromatic N) is 3. The van der Waals surface area contributed by atoms with Crippen LogP contribution in [-0.4, -0.2) is 46.5 Å².